The van der Waals surface area contributed by atoms with Gasteiger partial charge in [0.1, 0.15) is 11.5 Å². The van der Waals surface area contributed by atoms with Crippen LogP contribution in [0.3, 0.4) is 0 Å². The highest BCUT2D eigenvalue weighted by atomic mass is 32.1. The van der Waals surface area contributed by atoms with E-state index in [1.165, 1.54) is 5.56 Å². The van der Waals surface area contributed by atoms with Crippen molar-refractivity contribution in [3.63, 3.8) is 0 Å². The van der Waals surface area contributed by atoms with E-state index in [4.69, 9.17) is 9.47 Å². The Bertz CT molecular complexity index is 817. The first-order chi connectivity index (χ1) is 13.3. The number of unbranched alkanes of at least 4 members (excludes halogenated alkanes) is 3. The van der Waals surface area contributed by atoms with Crippen molar-refractivity contribution in [2.75, 3.05) is 13.2 Å². The second-order valence-electron chi connectivity index (χ2n) is 6.47. The Morgan fingerprint density at radius 3 is 2.11 bits per heavy atom. The number of benzene rings is 3. The Labute approximate surface area is 167 Å². The fraction of sp³-hybridized carbons (Fsp3) is 0.250. The van der Waals surface area contributed by atoms with Crippen LogP contribution in [0.15, 0.2) is 83.8 Å². The lowest BCUT2D eigenvalue weighted by atomic mass is 10.1. The third kappa shape index (κ3) is 6.37. The van der Waals surface area contributed by atoms with Gasteiger partial charge in [0.05, 0.1) is 13.2 Å². The van der Waals surface area contributed by atoms with Crippen molar-refractivity contribution < 1.29 is 9.47 Å². The summed E-state index contributed by atoms with van der Waals surface area (Å²) in [5, 5.41) is 0. The summed E-state index contributed by atoms with van der Waals surface area (Å²) in [7, 11) is 0. The van der Waals surface area contributed by atoms with E-state index in [9.17, 15) is 0 Å². The second-order valence-corrected chi connectivity index (χ2v) is 6.99. The van der Waals surface area contributed by atoms with E-state index in [1.54, 1.807) is 0 Å². The van der Waals surface area contributed by atoms with Crippen molar-refractivity contribution in [1.82, 2.24) is 0 Å². The summed E-state index contributed by atoms with van der Waals surface area (Å²) in [4.78, 5) is 0.931. The first-order valence-electron chi connectivity index (χ1n) is 9.52. The monoisotopic (exact) mass is 378 g/mol. The molecule has 3 heteroatoms. The van der Waals surface area contributed by atoms with Gasteiger partial charge < -0.3 is 9.47 Å². The molecule has 3 rings (SSSR count). The van der Waals surface area contributed by atoms with Crippen LogP contribution in [0.4, 0.5) is 0 Å². The molecule has 0 saturated carbocycles. The van der Waals surface area contributed by atoms with Gasteiger partial charge in [0, 0.05) is 10.5 Å². The molecule has 140 valence electrons. The molecule has 3 aromatic rings. The van der Waals surface area contributed by atoms with Gasteiger partial charge in [0.25, 0.3) is 0 Å². The highest BCUT2D eigenvalue weighted by molar-refractivity contribution is 7.80. The van der Waals surface area contributed by atoms with Crippen LogP contribution >= 0.6 is 12.6 Å². The number of thiol groups is 1. The van der Waals surface area contributed by atoms with Gasteiger partial charge in [-0.3, -0.25) is 0 Å². The maximum Gasteiger partial charge on any atom is 0.127 e. The van der Waals surface area contributed by atoms with Gasteiger partial charge in [-0.2, -0.15) is 0 Å². The molecule has 0 heterocycles. The lowest BCUT2D eigenvalue weighted by molar-refractivity contribution is 0.288. The summed E-state index contributed by atoms with van der Waals surface area (Å²) < 4.78 is 11.8. The van der Waals surface area contributed by atoms with Crippen LogP contribution in [0.1, 0.15) is 25.7 Å². The van der Waals surface area contributed by atoms with Gasteiger partial charge in [-0.25, -0.2) is 0 Å². The first kappa shape index (κ1) is 19.4. The number of para-hydroxylation sites is 1. The van der Waals surface area contributed by atoms with Crippen LogP contribution in [0.5, 0.6) is 11.5 Å². The zero-order chi connectivity index (χ0) is 18.7. The Kier molecular flexibility index (Phi) is 7.67. The molecule has 0 fully saturated rings. The average molecular weight is 379 g/mol. The third-order valence-corrected chi connectivity index (χ3v) is 4.63. The molecule has 3 aromatic carbocycles. The maximum atomic E-state index is 6.04. The van der Waals surface area contributed by atoms with Crippen LogP contribution < -0.4 is 9.47 Å². The highest BCUT2D eigenvalue weighted by Crippen LogP contribution is 2.29. The Morgan fingerprint density at radius 2 is 1.33 bits per heavy atom. The minimum absolute atomic E-state index is 0.742. The quantitative estimate of drug-likeness (QED) is 0.314. The fourth-order valence-electron chi connectivity index (χ4n) is 2.95. The molecule has 0 unspecified atom stereocenters. The van der Waals surface area contributed by atoms with Gasteiger partial charge in [-0.05, 0) is 55.5 Å². The number of hydrogen-bond donors (Lipinski definition) is 1. The van der Waals surface area contributed by atoms with Crippen molar-refractivity contribution in [2.45, 2.75) is 30.6 Å². The standard InChI is InChI=1S/C24H26O2S/c27-22-14-10-13-21(19-22)25-17-8-1-2-9-18-26-24-16-7-6-15-23(24)20-11-4-3-5-12-20/h3-7,10-16,19,27H,1-2,8-9,17-18H2. The predicted molar refractivity (Wildman–Crippen MR) is 115 cm³/mol. The highest BCUT2D eigenvalue weighted by Gasteiger charge is 2.05. The van der Waals surface area contributed by atoms with Gasteiger partial charge in [0.2, 0.25) is 0 Å². The zero-order valence-electron chi connectivity index (χ0n) is 15.5. The van der Waals surface area contributed by atoms with Crippen molar-refractivity contribution in [1.29, 1.82) is 0 Å². The lowest BCUT2D eigenvalue weighted by Gasteiger charge is -2.11. The van der Waals surface area contributed by atoms with Crippen LogP contribution in [0, 0.1) is 0 Å². The summed E-state index contributed by atoms with van der Waals surface area (Å²) >= 11 is 4.32. The van der Waals surface area contributed by atoms with Crippen LogP contribution in [-0.2, 0) is 0 Å². The topological polar surface area (TPSA) is 18.5 Å². The van der Waals surface area contributed by atoms with Crippen LogP contribution in [0.2, 0.25) is 0 Å². The molecule has 0 radical (unpaired) electrons. The van der Waals surface area contributed by atoms with Gasteiger partial charge >= 0.3 is 0 Å². The van der Waals surface area contributed by atoms with E-state index in [0.29, 0.717) is 0 Å². The van der Waals surface area contributed by atoms with Crippen molar-refractivity contribution in [3.05, 3.63) is 78.9 Å². The average Bonchev–Trinajstić information content (AvgIpc) is 2.71. The summed E-state index contributed by atoms with van der Waals surface area (Å²) in [5.74, 6) is 1.85. The normalized spacial score (nSPS) is 10.6. The smallest absolute Gasteiger partial charge is 0.127 e. The molecule has 0 amide bonds. The van der Waals surface area contributed by atoms with E-state index in [-0.39, 0.29) is 0 Å². The van der Waals surface area contributed by atoms with Crippen molar-refractivity contribution >= 4 is 12.6 Å². The van der Waals surface area contributed by atoms with E-state index in [0.717, 1.165) is 60.9 Å². The molecule has 0 N–H and O–H groups in total. The molecule has 0 saturated heterocycles. The number of hydrogen-bond acceptors (Lipinski definition) is 3. The van der Waals surface area contributed by atoms with Gasteiger partial charge in [0.15, 0.2) is 0 Å². The fourth-order valence-corrected chi connectivity index (χ4v) is 3.17. The number of rotatable bonds is 10. The van der Waals surface area contributed by atoms with E-state index >= 15 is 0 Å². The molecule has 0 aliphatic heterocycles. The van der Waals surface area contributed by atoms with Gasteiger partial charge in [-0.1, -0.05) is 54.6 Å². The molecule has 0 spiro atoms. The van der Waals surface area contributed by atoms with E-state index in [2.05, 4.69) is 49.0 Å². The summed E-state index contributed by atoms with van der Waals surface area (Å²) in [6.45, 7) is 1.49. The van der Waals surface area contributed by atoms with Crippen LogP contribution in [0.25, 0.3) is 11.1 Å². The summed E-state index contributed by atoms with van der Waals surface area (Å²) in [5.41, 5.74) is 2.34. The molecule has 2 nitrogen and oxygen atoms in total. The Hall–Kier alpha value is -2.39. The molecule has 27 heavy (non-hydrogen) atoms. The maximum absolute atomic E-state index is 6.04. The lowest BCUT2D eigenvalue weighted by Crippen LogP contribution is -2.00. The van der Waals surface area contributed by atoms with Crippen molar-refractivity contribution in [2.24, 2.45) is 0 Å². The number of ether oxygens (including phenoxy) is 2. The van der Waals surface area contributed by atoms with E-state index < -0.39 is 0 Å². The zero-order valence-corrected chi connectivity index (χ0v) is 16.4. The molecular formula is C24H26O2S. The minimum Gasteiger partial charge on any atom is -0.494 e. The Balaban J connectivity index is 1.34. The first-order valence-corrected chi connectivity index (χ1v) is 9.97. The molecular weight excluding hydrogens is 352 g/mol. The van der Waals surface area contributed by atoms with Crippen molar-refractivity contribution in [3.8, 4) is 22.6 Å². The summed E-state index contributed by atoms with van der Waals surface area (Å²) in [6.07, 6.45) is 4.39. The molecule has 0 bridgehead atoms. The van der Waals surface area contributed by atoms with Crippen LogP contribution in [-0.4, -0.2) is 13.2 Å². The van der Waals surface area contributed by atoms with E-state index in [1.807, 2.05) is 42.5 Å². The van der Waals surface area contributed by atoms with Gasteiger partial charge in [-0.15, -0.1) is 12.6 Å². The largest absolute Gasteiger partial charge is 0.494 e. The predicted octanol–water partition coefficient (Wildman–Crippen LogP) is 6.66. The molecule has 0 atom stereocenters. The molecule has 0 aliphatic rings. The second kappa shape index (κ2) is 10.7. The molecule has 0 aliphatic carbocycles. The Morgan fingerprint density at radius 1 is 0.630 bits per heavy atom. The SMILES string of the molecule is Sc1cccc(OCCCCCCOc2ccccc2-c2ccccc2)c1. The third-order valence-electron chi connectivity index (χ3n) is 4.35. The summed E-state index contributed by atoms with van der Waals surface area (Å²) in [6, 6.07) is 26.4. The minimum atomic E-state index is 0.742. The molecule has 0 aromatic heterocycles.